The van der Waals surface area contributed by atoms with Crippen molar-refractivity contribution in [3.05, 3.63) is 12.2 Å². The molecule has 3 atom stereocenters. The van der Waals surface area contributed by atoms with Gasteiger partial charge < -0.3 is 15.0 Å². The molecule has 0 saturated carbocycles. The predicted molar refractivity (Wildman–Crippen MR) is 97.9 cm³/mol. The molecule has 1 aliphatic rings. The van der Waals surface area contributed by atoms with Crippen LogP contribution >= 0.6 is 0 Å². The van der Waals surface area contributed by atoms with Crippen molar-refractivity contribution in [3.8, 4) is 0 Å². The summed E-state index contributed by atoms with van der Waals surface area (Å²) in [6.45, 7) is 2.18. The van der Waals surface area contributed by atoms with Gasteiger partial charge >= 0.3 is 57.4 Å². The van der Waals surface area contributed by atoms with Crippen molar-refractivity contribution in [1.29, 1.82) is 0 Å². The third kappa shape index (κ3) is 11.9. The summed E-state index contributed by atoms with van der Waals surface area (Å²) in [4.78, 5) is 22.0. The Morgan fingerprint density at radius 1 is 0.962 bits per heavy atom. The summed E-state index contributed by atoms with van der Waals surface area (Å²) in [6.07, 6.45) is 17.0. The average molecular weight is 391 g/mol. The van der Waals surface area contributed by atoms with Crippen LogP contribution in [0.5, 0.6) is 0 Å². The molecule has 0 amide bonds. The van der Waals surface area contributed by atoms with E-state index in [1.807, 2.05) is 0 Å². The Morgan fingerprint density at radius 3 is 2.23 bits per heavy atom. The van der Waals surface area contributed by atoms with Crippen molar-refractivity contribution in [2.45, 2.75) is 90.4 Å². The molecule has 0 saturated heterocycles. The van der Waals surface area contributed by atoms with Gasteiger partial charge in [0.05, 0.1) is 0 Å². The maximum Gasteiger partial charge on any atom is 1.00 e. The minimum absolute atomic E-state index is 0. The van der Waals surface area contributed by atoms with Gasteiger partial charge in [0.15, 0.2) is 0 Å². The second-order valence-electron chi connectivity index (χ2n) is 7.52. The van der Waals surface area contributed by atoms with Crippen LogP contribution < -0.4 is 56.5 Å². The molecule has 0 spiro atoms. The smallest absolute Gasteiger partial charge is 0.550 e. The van der Waals surface area contributed by atoms with Crippen LogP contribution in [0.3, 0.4) is 0 Å². The van der Waals surface area contributed by atoms with Crippen molar-refractivity contribution in [3.63, 3.8) is 0 Å². The van der Waals surface area contributed by atoms with E-state index >= 15 is 0 Å². The molecular formula is C21H35KO4. The summed E-state index contributed by atoms with van der Waals surface area (Å²) in [6, 6.07) is 0. The number of hydrogen-bond acceptors (Lipinski definition) is 3. The molecule has 26 heavy (non-hydrogen) atoms. The molecule has 0 aliphatic heterocycles. The SMILES string of the molecule is CCCCCC[C@@H]1C=C[C@H](CCCCCCCC(=O)O)C[C@@H]1C(=O)[O-].[K+]. The van der Waals surface area contributed by atoms with Gasteiger partial charge in [-0.3, -0.25) is 4.79 Å². The number of hydrogen-bond donors (Lipinski definition) is 1. The molecular weight excluding hydrogens is 355 g/mol. The summed E-state index contributed by atoms with van der Waals surface area (Å²) in [7, 11) is 0. The number of carboxylic acid groups (broad SMARTS) is 2. The van der Waals surface area contributed by atoms with Gasteiger partial charge in [0.25, 0.3) is 0 Å². The van der Waals surface area contributed by atoms with Crippen LogP contribution in [0.4, 0.5) is 0 Å². The van der Waals surface area contributed by atoms with Crippen molar-refractivity contribution < 1.29 is 71.2 Å². The third-order valence-electron chi connectivity index (χ3n) is 5.36. The first-order valence-corrected chi connectivity index (χ1v) is 10.2. The molecule has 5 heteroatoms. The Morgan fingerprint density at radius 2 is 1.58 bits per heavy atom. The molecule has 1 N–H and O–H groups in total. The summed E-state index contributed by atoms with van der Waals surface area (Å²) in [5.74, 6) is -1.43. The van der Waals surface area contributed by atoms with Gasteiger partial charge in [-0.2, -0.15) is 0 Å². The quantitative estimate of drug-likeness (QED) is 0.276. The normalized spacial score (nSPS) is 22.0. The monoisotopic (exact) mass is 390 g/mol. The first kappa shape index (κ1) is 26.3. The van der Waals surface area contributed by atoms with Crippen molar-refractivity contribution >= 4 is 11.9 Å². The second-order valence-corrected chi connectivity index (χ2v) is 7.52. The van der Waals surface area contributed by atoms with E-state index in [0.717, 1.165) is 57.8 Å². The van der Waals surface area contributed by atoms with E-state index in [-0.39, 0.29) is 69.6 Å². The first-order valence-electron chi connectivity index (χ1n) is 10.2. The molecule has 0 aromatic rings. The predicted octanol–water partition coefficient (Wildman–Crippen LogP) is 1.33. The molecule has 144 valence electrons. The fraction of sp³-hybridized carbons (Fsp3) is 0.810. The van der Waals surface area contributed by atoms with Gasteiger partial charge in [-0.1, -0.05) is 70.4 Å². The topological polar surface area (TPSA) is 77.4 Å². The molecule has 0 radical (unpaired) electrons. The van der Waals surface area contributed by atoms with E-state index in [0.29, 0.717) is 5.92 Å². The number of rotatable bonds is 14. The number of allylic oxidation sites excluding steroid dienone is 2. The van der Waals surface area contributed by atoms with Crippen molar-refractivity contribution in [2.75, 3.05) is 0 Å². The molecule has 1 aliphatic carbocycles. The average Bonchev–Trinajstić information content (AvgIpc) is 2.58. The number of carboxylic acids is 2. The summed E-state index contributed by atoms with van der Waals surface area (Å²) in [5, 5.41) is 20.1. The standard InChI is InChI=1S/C21H36O4.K/c1-2-3-4-9-12-18-15-14-17(16-19(18)21(24)25)11-8-6-5-7-10-13-20(22)23;/h14-15,17-19H,2-13,16H2,1H3,(H,22,23)(H,24,25);/q;+1/p-1/t17-,18+,19-;/m0./s1. The second kappa shape index (κ2) is 16.3. The van der Waals surface area contributed by atoms with Crippen LogP contribution in [-0.2, 0) is 9.59 Å². The zero-order valence-corrected chi connectivity index (χ0v) is 19.9. The minimum Gasteiger partial charge on any atom is -0.550 e. The van der Waals surface area contributed by atoms with E-state index in [1.54, 1.807) is 0 Å². The zero-order chi connectivity index (χ0) is 18.5. The Kier molecular flexibility index (Phi) is 16.5. The molecule has 0 fully saturated rings. The number of unbranched alkanes of at least 4 members (excludes halogenated alkanes) is 7. The fourth-order valence-electron chi connectivity index (χ4n) is 3.82. The Hall–Kier alpha value is 0.316. The van der Waals surface area contributed by atoms with Gasteiger partial charge in [0.1, 0.15) is 0 Å². The Balaban J connectivity index is 0.00000625. The summed E-state index contributed by atoms with van der Waals surface area (Å²) in [5.41, 5.74) is 0. The van der Waals surface area contributed by atoms with E-state index in [2.05, 4.69) is 19.1 Å². The van der Waals surface area contributed by atoms with E-state index < -0.39 is 11.9 Å². The van der Waals surface area contributed by atoms with Gasteiger partial charge in [-0.15, -0.1) is 0 Å². The molecule has 0 bridgehead atoms. The molecule has 1 rings (SSSR count). The minimum atomic E-state index is -0.886. The van der Waals surface area contributed by atoms with Gasteiger partial charge in [-0.25, -0.2) is 0 Å². The number of carbonyl (C=O) groups excluding carboxylic acids is 1. The van der Waals surface area contributed by atoms with Crippen LogP contribution in [-0.4, -0.2) is 17.0 Å². The van der Waals surface area contributed by atoms with Crippen LogP contribution in [0, 0.1) is 17.8 Å². The molecule has 0 unspecified atom stereocenters. The maximum atomic E-state index is 11.5. The fourth-order valence-corrected chi connectivity index (χ4v) is 3.82. The molecule has 0 heterocycles. The van der Waals surface area contributed by atoms with Crippen molar-refractivity contribution in [2.24, 2.45) is 17.8 Å². The van der Waals surface area contributed by atoms with Gasteiger partial charge in [0, 0.05) is 18.3 Å². The van der Waals surface area contributed by atoms with Crippen molar-refractivity contribution in [1.82, 2.24) is 0 Å². The van der Waals surface area contributed by atoms with Crippen LogP contribution in [0.15, 0.2) is 12.2 Å². The molecule has 0 aromatic carbocycles. The van der Waals surface area contributed by atoms with E-state index in [9.17, 15) is 14.7 Å². The third-order valence-corrected chi connectivity index (χ3v) is 5.36. The van der Waals surface area contributed by atoms with Crippen LogP contribution in [0.2, 0.25) is 0 Å². The van der Waals surface area contributed by atoms with E-state index in [4.69, 9.17) is 5.11 Å². The molecule has 0 aromatic heterocycles. The number of aliphatic carboxylic acids is 2. The Labute approximate surface area is 201 Å². The molecule has 4 nitrogen and oxygen atoms in total. The largest absolute Gasteiger partial charge is 1.00 e. The van der Waals surface area contributed by atoms with Gasteiger partial charge in [-0.05, 0) is 37.5 Å². The van der Waals surface area contributed by atoms with E-state index in [1.165, 1.54) is 19.3 Å². The summed E-state index contributed by atoms with van der Waals surface area (Å²) >= 11 is 0. The number of carbonyl (C=O) groups is 2. The first-order chi connectivity index (χ1) is 12.0. The maximum absolute atomic E-state index is 11.5. The van der Waals surface area contributed by atoms with Crippen LogP contribution in [0.1, 0.15) is 90.4 Å². The summed E-state index contributed by atoms with van der Waals surface area (Å²) < 4.78 is 0. The zero-order valence-electron chi connectivity index (χ0n) is 16.8. The van der Waals surface area contributed by atoms with Crippen LogP contribution in [0.25, 0.3) is 0 Å². The van der Waals surface area contributed by atoms with Gasteiger partial charge in [0.2, 0.25) is 0 Å². The Bertz CT molecular complexity index is 422.